The Kier molecular flexibility index (Phi) is 7.43. The maximum absolute atomic E-state index is 12.6. The number of ether oxygens (including phenoxy) is 1. The zero-order chi connectivity index (χ0) is 20.5. The van der Waals surface area contributed by atoms with Crippen molar-refractivity contribution in [2.75, 3.05) is 26.3 Å². The molecule has 1 saturated heterocycles. The molecule has 0 bridgehead atoms. The van der Waals surface area contributed by atoms with E-state index in [0.717, 1.165) is 12.0 Å². The van der Waals surface area contributed by atoms with Crippen LogP contribution in [0.2, 0.25) is 0 Å². The summed E-state index contributed by atoms with van der Waals surface area (Å²) in [5.41, 5.74) is 1.14. The van der Waals surface area contributed by atoms with Crippen molar-refractivity contribution in [3.63, 3.8) is 0 Å². The SMILES string of the molecule is O=C(N[C@H](/C=C/S(=O)(=O)c1ccccc1)CCc1ccccc1)N1CCOCC1. The van der Waals surface area contributed by atoms with E-state index in [0.29, 0.717) is 32.7 Å². The Hall–Kier alpha value is -2.64. The molecule has 0 saturated carbocycles. The third-order valence-electron chi connectivity index (χ3n) is 4.76. The Labute approximate surface area is 172 Å². The molecule has 6 nitrogen and oxygen atoms in total. The summed E-state index contributed by atoms with van der Waals surface area (Å²) in [7, 11) is -3.56. The first-order valence-electron chi connectivity index (χ1n) is 9.70. The van der Waals surface area contributed by atoms with Gasteiger partial charge in [-0.2, -0.15) is 0 Å². The van der Waals surface area contributed by atoms with Crippen molar-refractivity contribution in [1.29, 1.82) is 0 Å². The highest BCUT2D eigenvalue weighted by Crippen LogP contribution is 2.13. The molecule has 0 spiro atoms. The average Bonchev–Trinajstić information content (AvgIpc) is 2.77. The Bertz CT molecular complexity index is 908. The number of benzene rings is 2. The molecule has 2 aromatic rings. The van der Waals surface area contributed by atoms with Gasteiger partial charge in [0.1, 0.15) is 0 Å². The Balaban J connectivity index is 1.71. The van der Waals surface area contributed by atoms with Crippen LogP contribution in [0, 0.1) is 0 Å². The highest BCUT2D eigenvalue weighted by molar-refractivity contribution is 7.94. The van der Waals surface area contributed by atoms with Crippen LogP contribution in [0.4, 0.5) is 4.79 Å². The second-order valence-electron chi connectivity index (χ2n) is 6.87. The number of carbonyl (C=O) groups excluding carboxylic acids is 1. The Morgan fingerprint density at radius 3 is 2.31 bits per heavy atom. The smallest absolute Gasteiger partial charge is 0.318 e. The van der Waals surface area contributed by atoms with Crippen molar-refractivity contribution in [3.05, 3.63) is 77.7 Å². The molecule has 2 amide bonds. The minimum atomic E-state index is -3.56. The van der Waals surface area contributed by atoms with Crippen LogP contribution in [0.25, 0.3) is 0 Å². The molecule has 3 rings (SSSR count). The van der Waals surface area contributed by atoms with E-state index in [4.69, 9.17) is 4.74 Å². The lowest BCUT2D eigenvalue weighted by Crippen LogP contribution is -2.49. The van der Waals surface area contributed by atoms with Crippen molar-refractivity contribution in [3.8, 4) is 0 Å². The molecule has 1 N–H and O–H groups in total. The van der Waals surface area contributed by atoms with Crippen LogP contribution < -0.4 is 5.32 Å². The summed E-state index contributed by atoms with van der Waals surface area (Å²) in [6, 6.07) is 17.6. The lowest BCUT2D eigenvalue weighted by molar-refractivity contribution is 0.0528. The van der Waals surface area contributed by atoms with Crippen molar-refractivity contribution in [1.82, 2.24) is 10.2 Å². The monoisotopic (exact) mass is 414 g/mol. The number of nitrogens with one attached hydrogen (secondary N) is 1. The van der Waals surface area contributed by atoms with E-state index in [1.165, 1.54) is 5.41 Å². The minimum Gasteiger partial charge on any atom is -0.378 e. The molecular formula is C22H26N2O4S. The first kappa shape index (κ1) is 21.1. The number of carbonyl (C=O) groups is 1. The maximum atomic E-state index is 12.6. The van der Waals surface area contributed by atoms with Gasteiger partial charge in [-0.3, -0.25) is 0 Å². The van der Waals surface area contributed by atoms with Crippen molar-refractivity contribution in [2.24, 2.45) is 0 Å². The van der Waals surface area contributed by atoms with Gasteiger partial charge in [-0.05, 0) is 30.5 Å². The second kappa shape index (κ2) is 10.2. The summed E-state index contributed by atoms with van der Waals surface area (Å²) in [5, 5.41) is 4.15. The van der Waals surface area contributed by atoms with Crippen molar-refractivity contribution < 1.29 is 17.9 Å². The van der Waals surface area contributed by atoms with Gasteiger partial charge >= 0.3 is 6.03 Å². The van der Waals surface area contributed by atoms with Crippen LogP contribution >= 0.6 is 0 Å². The summed E-state index contributed by atoms with van der Waals surface area (Å²) in [5.74, 6) is 0. The first-order valence-corrected chi connectivity index (χ1v) is 11.2. The molecule has 1 fully saturated rings. The molecule has 154 valence electrons. The molecule has 7 heteroatoms. The number of urea groups is 1. The molecule has 0 radical (unpaired) electrons. The Morgan fingerprint density at radius 2 is 1.66 bits per heavy atom. The summed E-state index contributed by atoms with van der Waals surface area (Å²) in [4.78, 5) is 14.5. The standard InChI is InChI=1S/C22H26N2O4S/c25-22(24-14-16-28-17-15-24)23-20(12-11-19-7-3-1-4-8-19)13-18-29(26,27)21-9-5-2-6-10-21/h1-10,13,18,20H,11-12,14-17H2,(H,23,25)/b18-13+/t20-/m0/s1. The van der Waals surface area contributed by atoms with Crippen molar-refractivity contribution >= 4 is 15.9 Å². The van der Waals surface area contributed by atoms with E-state index in [9.17, 15) is 13.2 Å². The number of amides is 2. The quantitative estimate of drug-likeness (QED) is 0.756. The third kappa shape index (κ3) is 6.44. The first-order chi connectivity index (χ1) is 14.0. The molecule has 0 aromatic heterocycles. The molecular weight excluding hydrogens is 388 g/mol. The summed E-state index contributed by atoms with van der Waals surface area (Å²) in [6.45, 7) is 2.09. The predicted octanol–water partition coefficient (Wildman–Crippen LogP) is 3.02. The fraction of sp³-hybridized carbons (Fsp3) is 0.318. The van der Waals surface area contributed by atoms with Gasteiger partial charge in [0.2, 0.25) is 0 Å². The van der Waals surface area contributed by atoms with Gasteiger partial charge in [0, 0.05) is 18.5 Å². The van der Waals surface area contributed by atoms with Gasteiger partial charge in [0.25, 0.3) is 0 Å². The molecule has 29 heavy (non-hydrogen) atoms. The normalized spacial score (nSPS) is 15.9. The van der Waals surface area contributed by atoms with Crippen LogP contribution in [-0.4, -0.2) is 51.7 Å². The maximum Gasteiger partial charge on any atom is 0.318 e. The lowest BCUT2D eigenvalue weighted by Gasteiger charge is -2.28. The van der Waals surface area contributed by atoms with Crippen LogP contribution in [0.3, 0.4) is 0 Å². The molecule has 1 atom stereocenters. The fourth-order valence-electron chi connectivity index (χ4n) is 3.09. The van der Waals surface area contributed by atoms with Gasteiger partial charge in [-0.25, -0.2) is 13.2 Å². The zero-order valence-corrected chi connectivity index (χ0v) is 17.1. The third-order valence-corrected chi connectivity index (χ3v) is 6.20. The number of morpholine rings is 1. The highest BCUT2D eigenvalue weighted by atomic mass is 32.2. The van der Waals surface area contributed by atoms with Gasteiger partial charge in [-0.1, -0.05) is 54.6 Å². The number of nitrogens with zero attached hydrogens (tertiary/aromatic N) is 1. The predicted molar refractivity (Wildman–Crippen MR) is 112 cm³/mol. The average molecular weight is 415 g/mol. The largest absolute Gasteiger partial charge is 0.378 e. The van der Waals surface area contributed by atoms with E-state index in [1.54, 1.807) is 41.3 Å². The van der Waals surface area contributed by atoms with E-state index in [-0.39, 0.29) is 10.9 Å². The number of hydrogen-bond acceptors (Lipinski definition) is 4. The molecule has 0 unspecified atom stereocenters. The number of hydrogen-bond donors (Lipinski definition) is 1. The molecule has 2 aromatic carbocycles. The fourth-order valence-corrected chi connectivity index (χ4v) is 4.18. The topological polar surface area (TPSA) is 75.7 Å². The van der Waals surface area contributed by atoms with Crippen LogP contribution in [0.15, 0.2) is 77.0 Å². The highest BCUT2D eigenvalue weighted by Gasteiger charge is 2.20. The van der Waals surface area contributed by atoms with E-state index in [2.05, 4.69) is 5.32 Å². The Morgan fingerprint density at radius 1 is 1.03 bits per heavy atom. The van der Waals surface area contributed by atoms with Gasteiger partial charge < -0.3 is 15.0 Å². The number of aryl methyl sites for hydroxylation is 1. The van der Waals surface area contributed by atoms with Gasteiger partial charge in [0.15, 0.2) is 9.84 Å². The molecule has 1 aliphatic heterocycles. The number of sulfone groups is 1. The molecule has 1 heterocycles. The van der Waals surface area contributed by atoms with Crippen LogP contribution in [-0.2, 0) is 21.0 Å². The van der Waals surface area contributed by atoms with Crippen molar-refractivity contribution in [2.45, 2.75) is 23.8 Å². The molecule has 0 aliphatic carbocycles. The van der Waals surface area contributed by atoms with E-state index < -0.39 is 15.9 Å². The summed E-state index contributed by atoms with van der Waals surface area (Å²) >= 11 is 0. The lowest BCUT2D eigenvalue weighted by atomic mass is 10.1. The van der Waals surface area contributed by atoms with Gasteiger partial charge in [-0.15, -0.1) is 0 Å². The number of rotatable bonds is 7. The van der Waals surface area contributed by atoms with E-state index >= 15 is 0 Å². The van der Waals surface area contributed by atoms with E-state index in [1.807, 2.05) is 30.3 Å². The zero-order valence-electron chi connectivity index (χ0n) is 16.2. The van der Waals surface area contributed by atoms with Gasteiger partial charge in [0.05, 0.1) is 24.2 Å². The van der Waals surface area contributed by atoms with Crippen LogP contribution in [0.5, 0.6) is 0 Å². The molecule has 1 aliphatic rings. The summed E-state index contributed by atoms with van der Waals surface area (Å²) < 4.78 is 30.4. The second-order valence-corrected chi connectivity index (χ2v) is 8.70. The summed E-state index contributed by atoms with van der Waals surface area (Å²) in [6.07, 6.45) is 2.90. The minimum absolute atomic E-state index is 0.201. The van der Waals surface area contributed by atoms with Crippen LogP contribution in [0.1, 0.15) is 12.0 Å².